The third-order valence-electron chi connectivity index (χ3n) is 6.05. The van der Waals surface area contributed by atoms with Gasteiger partial charge in [0.2, 0.25) is 0 Å². The lowest BCUT2D eigenvalue weighted by molar-refractivity contribution is -0.141. The van der Waals surface area contributed by atoms with Gasteiger partial charge in [0.05, 0.1) is 17.4 Å². The van der Waals surface area contributed by atoms with Crippen molar-refractivity contribution >= 4 is 23.1 Å². The smallest absolute Gasteiger partial charge is 0.370 e. The molecular formula is C22H23F4N7O. The van der Waals surface area contributed by atoms with Crippen LogP contribution in [0.4, 0.5) is 34.8 Å². The molecule has 0 bridgehead atoms. The highest BCUT2D eigenvalue weighted by atomic mass is 19.4. The molecule has 0 aliphatic carbocycles. The lowest BCUT2D eigenvalue weighted by atomic mass is 9.87. The van der Waals surface area contributed by atoms with Crippen molar-refractivity contribution in [3.05, 3.63) is 65.9 Å². The number of alkyl halides is 3. The summed E-state index contributed by atoms with van der Waals surface area (Å²) in [5.41, 5.74) is 11.4. The normalized spacial score (nSPS) is 15.9. The predicted octanol–water partition coefficient (Wildman–Crippen LogP) is 3.23. The van der Waals surface area contributed by atoms with Crippen LogP contribution < -0.4 is 21.7 Å². The van der Waals surface area contributed by atoms with Crippen molar-refractivity contribution in [2.75, 3.05) is 29.9 Å². The zero-order valence-electron chi connectivity index (χ0n) is 18.0. The topological polar surface area (TPSA) is 115 Å². The molecule has 0 saturated carbocycles. The van der Waals surface area contributed by atoms with Gasteiger partial charge in [-0.25, -0.2) is 9.37 Å². The van der Waals surface area contributed by atoms with Crippen LogP contribution >= 0.6 is 0 Å². The van der Waals surface area contributed by atoms with Crippen LogP contribution in [0, 0.1) is 5.82 Å². The maximum Gasteiger partial charge on any atom is 0.433 e. The second kappa shape index (κ2) is 8.93. The number of aromatic nitrogens is 3. The zero-order chi connectivity index (χ0) is 24.5. The number of nitrogens with one attached hydrogen (secondary N) is 1. The number of amides is 1. The zero-order valence-corrected chi connectivity index (χ0v) is 18.0. The van der Waals surface area contributed by atoms with Crippen molar-refractivity contribution in [1.82, 2.24) is 14.8 Å². The van der Waals surface area contributed by atoms with Crippen LogP contribution in [0.1, 0.15) is 28.9 Å². The second-order valence-corrected chi connectivity index (χ2v) is 8.15. The molecule has 4 rings (SSSR count). The molecule has 3 aromatic rings. The summed E-state index contributed by atoms with van der Waals surface area (Å²) in [7, 11) is 0. The number of hydrogen-bond acceptors (Lipinski definition) is 6. The summed E-state index contributed by atoms with van der Waals surface area (Å²) in [6.07, 6.45) is -0.688. The number of hydrogen-bond donors (Lipinski definition) is 3. The van der Waals surface area contributed by atoms with E-state index in [2.05, 4.69) is 15.4 Å². The lowest BCUT2D eigenvalue weighted by Gasteiger charge is -2.42. The van der Waals surface area contributed by atoms with Crippen LogP contribution in [-0.2, 0) is 11.7 Å². The largest absolute Gasteiger partial charge is 0.433 e. The highest BCUT2D eigenvalue weighted by Crippen LogP contribution is 2.34. The number of nitrogens with two attached hydrogens (primary N) is 2. The Morgan fingerprint density at radius 2 is 1.79 bits per heavy atom. The average Bonchev–Trinajstić information content (AvgIpc) is 3.25. The Hall–Kier alpha value is -3.67. The summed E-state index contributed by atoms with van der Waals surface area (Å²) >= 11 is 0. The maximum absolute atomic E-state index is 13.2. The molecule has 1 saturated heterocycles. The third kappa shape index (κ3) is 4.67. The molecule has 1 amide bonds. The first kappa shape index (κ1) is 23.5. The standard InChI is InChI=1S/C22H23F4N7O/c23-14-1-3-15(4-2-14)30-20-17(19(28)34)12-33(31-20)21(13-27)7-9-32(10-8-21)16-5-6-18(29-11-16)22(24,25)26/h1-6,11-12H,7-10,13,27H2,(H2,28,34)(H,30,31). The number of piperidine rings is 1. The highest BCUT2D eigenvalue weighted by Gasteiger charge is 2.38. The highest BCUT2D eigenvalue weighted by molar-refractivity contribution is 5.98. The van der Waals surface area contributed by atoms with Gasteiger partial charge < -0.3 is 21.7 Å². The molecule has 2 aromatic heterocycles. The van der Waals surface area contributed by atoms with Crippen LogP contribution in [-0.4, -0.2) is 40.3 Å². The van der Waals surface area contributed by atoms with Crippen molar-refractivity contribution in [3.8, 4) is 0 Å². The molecule has 1 aromatic carbocycles. The quantitative estimate of drug-likeness (QED) is 0.470. The molecular weight excluding hydrogens is 454 g/mol. The molecule has 0 radical (unpaired) electrons. The van der Waals surface area contributed by atoms with Crippen LogP contribution in [0.5, 0.6) is 0 Å². The molecule has 12 heteroatoms. The Balaban J connectivity index is 1.54. The van der Waals surface area contributed by atoms with E-state index >= 15 is 0 Å². The Morgan fingerprint density at radius 1 is 1.12 bits per heavy atom. The molecule has 5 N–H and O–H groups in total. The first-order valence-electron chi connectivity index (χ1n) is 10.5. The van der Waals surface area contributed by atoms with E-state index < -0.39 is 29.1 Å². The van der Waals surface area contributed by atoms with E-state index in [0.717, 1.165) is 6.07 Å². The second-order valence-electron chi connectivity index (χ2n) is 8.15. The Kier molecular flexibility index (Phi) is 6.17. The van der Waals surface area contributed by atoms with Gasteiger partial charge in [-0.1, -0.05) is 0 Å². The van der Waals surface area contributed by atoms with E-state index in [1.807, 2.05) is 4.90 Å². The van der Waals surface area contributed by atoms with Crippen LogP contribution in [0.3, 0.4) is 0 Å². The number of nitrogens with zero attached hydrogens (tertiary/aromatic N) is 4. The fourth-order valence-electron chi connectivity index (χ4n) is 4.01. The Morgan fingerprint density at radius 3 is 2.32 bits per heavy atom. The van der Waals surface area contributed by atoms with Gasteiger partial charge in [0.1, 0.15) is 17.1 Å². The summed E-state index contributed by atoms with van der Waals surface area (Å²) in [6.45, 7) is 1.22. The lowest BCUT2D eigenvalue weighted by Crippen LogP contribution is -2.50. The fraction of sp³-hybridized carbons (Fsp3) is 0.318. The minimum Gasteiger partial charge on any atom is -0.370 e. The van der Waals surface area contributed by atoms with Crippen molar-refractivity contribution in [2.24, 2.45) is 11.5 Å². The van der Waals surface area contributed by atoms with E-state index in [1.54, 1.807) is 4.68 Å². The summed E-state index contributed by atoms with van der Waals surface area (Å²) < 4.78 is 53.2. The predicted molar refractivity (Wildman–Crippen MR) is 118 cm³/mol. The first-order chi connectivity index (χ1) is 16.1. The number of primary amides is 1. The molecule has 180 valence electrons. The van der Waals surface area contributed by atoms with Crippen LogP contribution in [0.15, 0.2) is 48.8 Å². The SMILES string of the molecule is NCC1(n2cc(C(N)=O)c(Nc3ccc(F)cc3)n2)CCN(c2ccc(C(F)(F)F)nc2)CC1. The van der Waals surface area contributed by atoms with Gasteiger partial charge in [0.25, 0.3) is 5.91 Å². The third-order valence-corrected chi connectivity index (χ3v) is 6.05. The minimum atomic E-state index is -4.49. The molecule has 0 unspecified atom stereocenters. The average molecular weight is 477 g/mol. The van der Waals surface area contributed by atoms with Gasteiger partial charge >= 0.3 is 6.18 Å². The Bertz CT molecular complexity index is 1150. The number of rotatable bonds is 6. The molecule has 0 atom stereocenters. The van der Waals surface area contributed by atoms with Crippen LogP contribution in [0.25, 0.3) is 0 Å². The van der Waals surface area contributed by atoms with E-state index in [1.165, 1.54) is 42.7 Å². The van der Waals surface area contributed by atoms with Crippen molar-refractivity contribution < 1.29 is 22.4 Å². The first-order valence-corrected chi connectivity index (χ1v) is 10.5. The number of anilines is 3. The number of carbonyl (C=O) groups is 1. The molecule has 1 aliphatic heterocycles. The van der Waals surface area contributed by atoms with Crippen molar-refractivity contribution in [3.63, 3.8) is 0 Å². The van der Waals surface area contributed by atoms with E-state index in [0.29, 0.717) is 37.3 Å². The molecule has 0 spiro atoms. The monoisotopic (exact) mass is 477 g/mol. The van der Waals surface area contributed by atoms with Gasteiger partial charge in [0.15, 0.2) is 5.82 Å². The van der Waals surface area contributed by atoms with Crippen molar-refractivity contribution in [1.29, 1.82) is 0 Å². The van der Waals surface area contributed by atoms with E-state index in [9.17, 15) is 22.4 Å². The Labute approximate surface area is 192 Å². The van der Waals surface area contributed by atoms with E-state index in [4.69, 9.17) is 11.5 Å². The molecule has 34 heavy (non-hydrogen) atoms. The summed E-state index contributed by atoms with van der Waals surface area (Å²) in [4.78, 5) is 17.5. The van der Waals surface area contributed by atoms with Gasteiger partial charge in [-0.15, -0.1) is 0 Å². The van der Waals surface area contributed by atoms with E-state index in [-0.39, 0.29) is 17.9 Å². The summed E-state index contributed by atoms with van der Waals surface area (Å²) in [6, 6.07) is 7.92. The molecule has 1 fully saturated rings. The molecule has 3 heterocycles. The maximum atomic E-state index is 13.2. The number of pyridine rings is 1. The number of carbonyl (C=O) groups excluding carboxylic acids is 1. The van der Waals surface area contributed by atoms with Gasteiger partial charge in [-0.3, -0.25) is 9.48 Å². The number of benzene rings is 1. The van der Waals surface area contributed by atoms with Crippen LogP contribution in [0.2, 0.25) is 0 Å². The number of halogens is 4. The van der Waals surface area contributed by atoms with Gasteiger partial charge in [0, 0.05) is 31.5 Å². The molecule has 1 aliphatic rings. The summed E-state index contributed by atoms with van der Waals surface area (Å²) in [5.74, 6) is -0.860. The summed E-state index contributed by atoms with van der Waals surface area (Å²) in [5, 5.41) is 7.51. The minimum absolute atomic E-state index is 0.159. The fourth-order valence-corrected chi connectivity index (χ4v) is 4.01. The van der Waals surface area contributed by atoms with Gasteiger partial charge in [-0.05, 0) is 49.2 Å². The molecule has 8 nitrogen and oxygen atoms in total. The van der Waals surface area contributed by atoms with Gasteiger partial charge in [-0.2, -0.15) is 18.3 Å². The van der Waals surface area contributed by atoms with Crippen molar-refractivity contribution in [2.45, 2.75) is 24.6 Å².